The molecule has 0 spiro atoms. The van der Waals surface area contributed by atoms with Crippen LogP contribution in [0, 0.1) is 0 Å². The molecule has 0 saturated carbocycles. The Bertz CT molecular complexity index is 419. The summed E-state index contributed by atoms with van der Waals surface area (Å²) in [6, 6.07) is 6.41. The molecular weight excluding hydrogens is 226 g/mol. The molecule has 0 aliphatic carbocycles. The average Bonchev–Trinajstić information content (AvgIpc) is 2.38. The van der Waals surface area contributed by atoms with Crippen LogP contribution in [-0.4, -0.2) is 19.3 Å². The van der Waals surface area contributed by atoms with Crippen molar-refractivity contribution in [1.29, 1.82) is 0 Å². The molecule has 1 N–H and O–H groups in total. The van der Waals surface area contributed by atoms with Crippen LogP contribution in [0.25, 0.3) is 0 Å². The van der Waals surface area contributed by atoms with Crippen molar-refractivity contribution < 1.29 is 9.47 Å². The van der Waals surface area contributed by atoms with Crippen LogP contribution in [-0.2, 0) is 0 Å². The third-order valence-corrected chi connectivity index (χ3v) is 3.78. The lowest BCUT2D eigenvalue weighted by molar-refractivity contribution is 0.0444. The average molecular weight is 249 g/mol. The zero-order chi connectivity index (χ0) is 13.2. The summed E-state index contributed by atoms with van der Waals surface area (Å²) >= 11 is 0. The molecule has 100 valence electrons. The number of ether oxygens (including phenoxy) is 2. The first-order chi connectivity index (χ1) is 8.61. The number of benzene rings is 1. The van der Waals surface area contributed by atoms with Crippen LogP contribution in [0.1, 0.15) is 45.2 Å². The van der Waals surface area contributed by atoms with Gasteiger partial charge in [0, 0.05) is 18.0 Å². The number of rotatable bonds is 4. The van der Waals surface area contributed by atoms with Gasteiger partial charge in [-0.2, -0.15) is 0 Å². The van der Waals surface area contributed by atoms with Crippen molar-refractivity contribution in [3.05, 3.63) is 23.8 Å². The lowest BCUT2D eigenvalue weighted by Crippen LogP contribution is -2.41. The summed E-state index contributed by atoms with van der Waals surface area (Å²) in [5, 5.41) is 3.55. The van der Waals surface area contributed by atoms with E-state index in [0.717, 1.165) is 30.9 Å². The SMILES string of the molecule is CCNC1CC(C)(CC)Oc2ccc(OC)cc21. The highest BCUT2D eigenvalue weighted by Crippen LogP contribution is 2.42. The van der Waals surface area contributed by atoms with Crippen molar-refractivity contribution in [1.82, 2.24) is 5.32 Å². The van der Waals surface area contributed by atoms with E-state index in [1.54, 1.807) is 7.11 Å². The second-order valence-electron chi connectivity index (χ2n) is 5.12. The first kappa shape index (κ1) is 13.2. The molecule has 18 heavy (non-hydrogen) atoms. The molecule has 0 radical (unpaired) electrons. The van der Waals surface area contributed by atoms with Crippen molar-refractivity contribution in [2.24, 2.45) is 0 Å². The number of methoxy groups -OCH3 is 1. The van der Waals surface area contributed by atoms with Gasteiger partial charge in [0.2, 0.25) is 0 Å². The molecule has 2 atom stereocenters. The normalized spacial score (nSPS) is 26.3. The van der Waals surface area contributed by atoms with Crippen LogP contribution in [0.3, 0.4) is 0 Å². The molecule has 1 heterocycles. The zero-order valence-corrected chi connectivity index (χ0v) is 11.7. The third kappa shape index (κ3) is 2.46. The van der Waals surface area contributed by atoms with E-state index in [1.165, 1.54) is 5.56 Å². The minimum absolute atomic E-state index is 0.0750. The molecule has 3 heteroatoms. The molecule has 0 bridgehead atoms. The molecule has 3 nitrogen and oxygen atoms in total. The predicted octanol–water partition coefficient (Wildman–Crippen LogP) is 3.30. The Morgan fingerprint density at radius 1 is 1.44 bits per heavy atom. The lowest BCUT2D eigenvalue weighted by Gasteiger charge is -2.40. The standard InChI is InChI=1S/C15H23NO2/c1-5-15(3)10-13(16-6-2)12-9-11(17-4)7-8-14(12)18-15/h7-9,13,16H,5-6,10H2,1-4H3. The predicted molar refractivity (Wildman–Crippen MR) is 73.4 cm³/mol. The second kappa shape index (κ2) is 5.19. The third-order valence-electron chi connectivity index (χ3n) is 3.78. The van der Waals surface area contributed by atoms with Crippen molar-refractivity contribution >= 4 is 0 Å². The number of hydrogen-bond acceptors (Lipinski definition) is 3. The van der Waals surface area contributed by atoms with Gasteiger partial charge in [-0.05, 0) is 38.1 Å². The summed E-state index contributed by atoms with van der Waals surface area (Å²) in [7, 11) is 1.70. The molecule has 0 saturated heterocycles. The number of hydrogen-bond donors (Lipinski definition) is 1. The van der Waals surface area contributed by atoms with Gasteiger partial charge in [-0.3, -0.25) is 0 Å². The Morgan fingerprint density at radius 3 is 2.83 bits per heavy atom. The fourth-order valence-electron chi connectivity index (χ4n) is 2.51. The Hall–Kier alpha value is -1.22. The molecule has 0 aromatic heterocycles. The van der Waals surface area contributed by atoms with Gasteiger partial charge in [0.05, 0.1) is 7.11 Å². The molecule has 1 aromatic rings. The van der Waals surface area contributed by atoms with E-state index in [9.17, 15) is 0 Å². The van der Waals surface area contributed by atoms with E-state index in [1.807, 2.05) is 12.1 Å². The van der Waals surface area contributed by atoms with Gasteiger partial charge in [0.1, 0.15) is 17.1 Å². The summed E-state index contributed by atoms with van der Waals surface area (Å²) in [5.41, 5.74) is 1.14. The summed E-state index contributed by atoms with van der Waals surface area (Å²) in [6.07, 6.45) is 2.01. The minimum Gasteiger partial charge on any atom is -0.497 e. The van der Waals surface area contributed by atoms with Gasteiger partial charge >= 0.3 is 0 Å². The first-order valence-corrected chi connectivity index (χ1v) is 6.72. The Morgan fingerprint density at radius 2 is 2.22 bits per heavy atom. The smallest absolute Gasteiger partial charge is 0.125 e. The first-order valence-electron chi connectivity index (χ1n) is 6.72. The van der Waals surface area contributed by atoms with Gasteiger partial charge in [0.25, 0.3) is 0 Å². The van der Waals surface area contributed by atoms with Gasteiger partial charge in [-0.1, -0.05) is 13.8 Å². The molecule has 1 aromatic carbocycles. The monoisotopic (exact) mass is 249 g/mol. The topological polar surface area (TPSA) is 30.5 Å². The van der Waals surface area contributed by atoms with E-state index in [-0.39, 0.29) is 5.60 Å². The summed E-state index contributed by atoms with van der Waals surface area (Å²) in [5.74, 6) is 1.87. The lowest BCUT2D eigenvalue weighted by atomic mass is 9.86. The van der Waals surface area contributed by atoms with Crippen LogP contribution in [0.5, 0.6) is 11.5 Å². The Kier molecular flexibility index (Phi) is 3.81. The Balaban J connectivity index is 2.38. The fourth-order valence-corrected chi connectivity index (χ4v) is 2.51. The fraction of sp³-hybridized carbons (Fsp3) is 0.600. The van der Waals surface area contributed by atoms with Gasteiger partial charge < -0.3 is 14.8 Å². The maximum absolute atomic E-state index is 6.15. The summed E-state index contributed by atoms with van der Waals surface area (Å²) in [4.78, 5) is 0. The minimum atomic E-state index is -0.0750. The van der Waals surface area contributed by atoms with E-state index >= 15 is 0 Å². The van der Waals surface area contributed by atoms with Gasteiger partial charge in [-0.15, -0.1) is 0 Å². The number of nitrogens with one attached hydrogen (secondary N) is 1. The molecule has 0 fully saturated rings. The molecule has 1 aliphatic rings. The van der Waals surface area contributed by atoms with Crippen LogP contribution >= 0.6 is 0 Å². The highest BCUT2D eigenvalue weighted by atomic mass is 16.5. The maximum atomic E-state index is 6.15. The van der Waals surface area contributed by atoms with Gasteiger partial charge in [0.15, 0.2) is 0 Å². The van der Waals surface area contributed by atoms with Crippen LogP contribution in [0.15, 0.2) is 18.2 Å². The van der Waals surface area contributed by atoms with E-state index in [4.69, 9.17) is 9.47 Å². The zero-order valence-electron chi connectivity index (χ0n) is 11.7. The molecule has 2 unspecified atom stereocenters. The van der Waals surface area contributed by atoms with Crippen molar-refractivity contribution in [3.8, 4) is 11.5 Å². The highest BCUT2D eigenvalue weighted by Gasteiger charge is 2.35. The van der Waals surface area contributed by atoms with Crippen LogP contribution in [0.4, 0.5) is 0 Å². The van der Waals surface area contributed by atoms with Crippen molar-refractivity contribution in [2.75, 3.05) is 13.7 Å². The second-order valence-corrected chi connectivity index (χ2v) is 5.12. The number of fused-ring (bicyclic) bond motifs is 1. The van der Waals surface area contributed by atoms with Crippen LogP contribution in [0.2, 0.25) is 0 Å². The van der Waals surface area contributed by atoms with Crippen molar-refractivity contribution in [3.63, 3.8) is 0 Å². The Labute approximate surface area is 109 Å². The van der Waals surface area contributed by atoms with Crippen molar-refractivity contribution in [2.45, 2.75) is 45.3 Å². The maximum Gasteiger partial charge on any atom is 0.125 e. The van der Waals surface area contributed by atoms with Crippen LogP contribution < -0.4 is 14.8 Å². The van der Waals surface area contributed by atoms with Gasteiger partial charge in [-0.25, -0.2) is 0 Å². The molecule has 2 rings (SSSR count). The van der Waals surface area contributed by atoms with E-state index in [2.05, 4.69) is 32.2 Å². The van der Waals surface area contributed by atoms with E-state index < -0.39 is 0 Å². The quantitative estimate of drug-likeness (QED) is 0.888. The molecule has 0 amide bonds. The summed E-state index contributed by atoms with van der Waals surface area (Å²) in [6.45, 7) is 7.46. The highest BCUT2D eigenvalue weighted by molar-refractivity contribution is 5.44. The molecule has 1 aliphatic heterocycles. The molecular formula is C15H23NO2. The van der Waals surface area contributed by atoms with E-state index in [0.29, 0.717) is 6.04 Å². The largest absolute Gasteiger partial charge is 0.497 e. The summed E-state index contributed by atoms with van der Waals surface area (Å²) < 4.78 is 11.5.